The highest BCUT2D eigenvalue weighted by molar-refractivity contribution is 8.12. The average Bonchev–Trinajstić information content (AvgIpc) is 3.37. The number of piperidine rings is 1. The summed E-state index contributed by atoms with van der Waals surface area (Å²) in [7, 11) is 1.58. The van der Waals surface area contributed by atoms with E-state index in [1.807, 2.05) is 46.3 Å². The molecule has 11 nitrogen and oxygen atoms in total. The summed E-state index contributed by atoms with van der Waals surface area (Å²) >= 11 is 1.26. The molecule has 190 valence electrons. The van der Waals surface area contributed by atoms with Gasteiger partial charge < -0.3 is 25.2 Å². The molecule has 0 saturated carbocycles. The molecule has 0 bridgehead atoms. The highest BCUT2D eigenvalue weighted by atomic mass is 32.2. The lowest BCUT2D eigenvalue weighted by molar-refractivity contribution is 0.122. The van der Waals surface area contributed by atoms with Crippen LogP contribution in [-0.4, -0.2) is 88.6 Å². The molecule has 3 amide bonds. The van der Waals surface area contributed by atoms with Crippen molar-refractivity contribution in [3.05, 3.63) is 30.5 Å². The molecule has 1 aromatic carbocycles. The zero-order chi connectivity index (χ0) is 25.1. The van der Waals surface area contributed by atoms with E-state index in [4.69, 9.17) is 19.8 Å². The van der Waals surface area contributed by atoms with E-state index in [0.29, 0.717) is 37.8 Å². The molecule has 3 aromatic rings. The summed E-state index contributed by atoms with van der Waals surface area (Å²) in [5.74, 6) is 1.46. The molecule has 2 saturated heterocycles. The van der Waals surface area contributed by atoms with Crippen LogP contribution in [0.3, 0.4) is 0 Å². The van der Waals surface area contributed by atoms with Gasteiger partial charge in [-0.25, -0.2) is 19.4 Å². The largest absolute Gasteiger partial charge is 0.378 e. The Morgan fingerprint density at radius 1 is 1.06 bits per heavy atom. The van der Waals surface area contributed by atoms with Gasteiger partial charge in [0.1, 0.15) is 5.82 Å². The van der Waals surface area contributed by atoms with Gasteiger partial charge in [-0.2, -0.15) is 5.10 Å². The van der Waals surface area contributed by atoms with Crippen molar-refractivity contribution in [3.63, 3.8) is 0 Å². The monoisotopic (exact) mass is 510 g/mol. The number of nitrogens with zero attached hydrogens (tertiary/aromatic N) is 6. The Kier molecular flexibility index (Phi) is 7.23. The molecule has 0 radical (unpaired) electrons. The second-order valence-electron chi connectivity index (χ2n) is 8.77. The van der Waals surface area contributed by atoms with Crippen molar-refractivity contribution in [2.24, 2.45) is 0 Å². The van der Waals surface area contributed by atoms with Gasteiger partial charge in [0.15, 0.2) is 11.5 Å². The third kappa shape index (κ3) is 4.96. The lowest BCUT2D eigenvalue weighted by Gasteiger charge is -2.32. The first-order valence-electron chi connectivity index (χ1n) is 12.1. The molecule has 0 unspecified atom stereocenters. The predicted octanol–water partition coefficient (Wildman–Crippen LogP) is 3.20. The van der Waals surface area contributed by atoms with Crippen LogP contribution < -0.4 is 15.5 Å². The molecule has 5 rings (SSSR count). The second-order valence-corrected chi connectivity index (χ2v) is 9.52. The normalized spacial score (nSPS) is 16.8. The number of carbonyl (C=O) groups is 2. The third-order valence-electron chi connectivity index (χ3n) is 6.62. The molecule has 4 heterocycles. The van der Waals surface area contributed by atoms with Crippen molar-refractivity contribution in [2.45, 2.75) is 18.9 Å². The summed E-state index contributed by atoms with van der Waals surface area (Å²) in [6, 6.07) is 7.37. The van der Waals surface area contributed by atoms with E-state index < -0.39 is 0 Å². The maximum absolute atomic E-state index is 12.1. The first kappa shape index (κ1) is 24.3. The maximum atomic E-state index is 12.1. The van der Waals surface area contributed by atoms with Crippen LogP contribution in [0.1, 0.15) is 18.9 Å². The van der Waals surface area contributed by atoms with E-state index in [9.17, 15) is 9.59 Å². The van der Waals surface area contributed by atoms with Crippen LogP contribution >= 0.6 is 11.8 Å². The SMILES string of the molecule is CNC(=O)Nc1ccc(-c2nc(N3CCOCC3)c3cnn(C4CCN(C(=O)SC)CC4)c3n2)cc1. The minimum Gasteiger partial charge on any atom is -0.378 e. The van der Waals surface area contributed by atoms with Gasteiger partial charge in [0.2, 0.25) is 0 Å². The number of amides is 3. The number of carbonyl (C=O) groups excluding carboxylic acids is 2. The van der Waals surface area contributed by atoms with Gasteiger partial charge in [0.25, 0.3) is 5.24 Å². The summed E-state index contributed by atoms with van der Waals surface area (Å²) in [6.07, 6.45) is 5.34. The van der Waals surface area contributed by atoms with Gasteiger partial charge in [0.05, 0.1) is 30.8 Å². The number of nitrogens with one attached hydrogen (secondary N) is 2. The predicted molar refractivity (Wildman–Crippen MR) is 141 cm³/mol. The zero-order valence-electron chi connectivity index (χ0n) is 20.4. The number of urea groups is 1. The third-order valence-corrected chi connectivity index (χ3v) is 7.22. The number of ether oxygens (including phenoxy) is 1. The second kappa shape index (κ2) is 10.7. The van der Waals surface area contributed by atoms with Crippen molar-refractivity contribution in [2.75, 3.05) is 62.9 Å². The number of anilines is 2. The highest BCUT2D eigenvalue weighted by Gasteiger charge is 2.27. The molecule has 2 fully saturated rings. The number of fused-ring (bicyclic) bond motifs is 1. The molecule has 0 aliphatic carbocycles. The summed E-state index contributed by atoms with van der Waals surface area (Å²) in [6.45, 7) is 4.22. The Morgan fingerprint density at radius 2 is 1.78 bits per heavy atom. The standard InChI is InChI=1S/C24H30N8O3S/c1-25-23(33)27-17-5-3-16(4-6-17)20-28-21(30-11-13-35-14-12-30)19-15-26-32(22(19)29-20)18-7-9-31(10-8-18)24(34)36-2/h3-6,15,18H,7-14H2,1-2H3,(H2,25,27,33). The number of hydrogen-bond donors (Lipinski definition) is 2. The van der Waals surface area contributed by atoms with Crippen molar-refractivity contribution < 1.29 is 14.3 Å². The van der Waals surface area contributed by atoms with E-state index in [1.165, 1.54) is 11.8 Å². The first-order chi connectivity index (χ1) is 17.6. The molecule has 0 atom stereocenters. The highest BCUT2D eigenvalue weighted by Crippen LogP contribution is 2.32. The number of morpholine rings is 1. The summed E-state index contributed by atoms with van der Waals surface area (Å²) in [4.78, 5) is 37.8. The van der Waals surface area contributed by atoms with Gasteiger partial charge in [-0.15, -0.1) is 0 Å². The van der Waals surface area contributed by atoms with E-state index in [1.54, 1.807) is 7.05 Å². The Hall–Kier alpha value is -3.38. The van der Waals surface area contributed by atoms with Crippen LogP contribution in [0.15, 0.2) is 30.5 Å². The van der Waals surface area contributed by atoms with Gasteiger partial charge >= 0.3 is 6.03 Å². The summed E-state index contributed by atoms with van der Waals surface area (Å²) in [5.41, 5.74) is 2.33. The number of thioether (sulfide) groups is 1. The van der Waals surface area contributed by atoms with Crippen LogP contribution in [-0.2, 0) is 4.74 Å². The van der Waals surface area contributed by atoms with Crippen LogP contribution in [0.25, 0.3) is 22.4 Å². The maximum Gasteiger partial charge on any atom is 0.318 e. The number of benzene rings is 1. The molecule has 12 heteroatoms. The summed E-state index contributed by atoms with van der Waals surface area (Å²) < 4.78 is 7.57. The fraction of sp³-hybridized carbons (Fsp3) is 0.458. The molecule has 2 aliphatic heterocycles. The Bertz CT molecular complexity index is 1230. The Labute approximate surface area is 213 Å². The van der Waals surface area contributed by atoms with Crippen LogP contribution in [0.5, 0.6) is 0 Å². The molecule has 2 aliphatic rings. The Balaban J connectivity index is 1.50. The van der Waals surface area contributed by atoms with Crippen molar-refractivity contribution in [1.29, 1.82) is 0 Å². The molecule has 2 N–H and O–H groups in total. The van der Waals surface area contributed by atoms with Gasteiger partial charge in [-0.05, 0) is 43.4 Å². The lowest BCUT2D eigenvalue weighted by atomic mass is 10.1. The van der Waals surface area contributed by atoms with E-state index >= 15 is 0 Å². The number of likely N-dealkylation sites (tertiary alicyclic amines) is 1. The van der Waals surface area contributed by atoms with E-state index in [2.05, 4.69) is 15.5 Å². The molecular formula is C24H30N8O3S. The number of aromatic nitrogens is 4. The Morgan fingerprint density at radius 3 is 2.44 bits per heavy atom. The van der Waals surface area contributed by atoms with Crippen LogP contribution in [0.2, 0.25) is 0 Å². The fourth-order valence-electron chi connectivity index (χ4n) is 4.64. The van der Waals surface area contributed by atoms with Crippen molar-refractivity contribution >= 4 is 45.6 Å². The van der Waals surface area contributed by atoms with Gasteiger partial charge in [-0.1, -0.05) is 11.8 Å². The minimum atomic E-state index is -0.274. The van der Waals surface area contributed by atoms with Crippen molar-refractivity contribution in [3.8, 4) is 11.4 Å². The average molecular weight is 511 g/mol. The number of rotatable bonds is 4. The zero-order valence-corrected chi connectivity index (χ0v) is 21.3. The summed E-state index contributed by atoms with van der Waals surface area (Å²) in [5, 5.41) is 11.1. The van der Waals surface area contributed by atoms with Gasteiger partial charge in [0, 0.05) is 44.5 Å². The fourth-order valence-corrected chi connectivity index (χ4v) is 5.08. The van der Waals surface area contributed by atoms with E-state index in [0.717, 1.165) is 48.3 Å². The number of hydrogen-bond acceptors (Lipinski definition) is 8. The lowest BCUT2D eigenvalue weighted by Crippen LogP contribution is -2.37. The van der Waals surface area contributed by atoms with E-state index in [-0.39, 0.29) is 17.3 Å². The van der Waals surface area contributed by atoms with Gasteiger partial charge in [-0.3, -0.25) is 4.79 Å². The molecule has 0 spiro atoms. The first-order valence-corrected chi connectivity index (χ1v) is 13.3. The van der Waals surface area contributed by atoms with Crippen molar-refractivity contribution in [1.82, 2.24) is 30.0 Å². The minimum absolute atomic E-state index is 0.118. The molecular weight excluding hydrogens is 480 g/mol. The van der Waals surface area contributed by atoms with Crippen LogP contribution in [0.4, 0.5) is 21.1 Å². The van der Waals surface area contributed by atoms with Crippen LogP contribution in [0, 0.1) is 0 Å². The quantitative estimate of drug-likeness (QED) is 0.550. The molecule has 2 aromatic heterocycles. The topological polar surface area (TPSA) is 118 Å². The smallest absolute Gasteiger partial charge is 0.318 e. The molecule has 36 heavy (non-hydrogen) atoms.